The molecule has 0 aliphatic heterocycles. The Hall–Kier alpha value is -0.200. The molecule has 2 N–H and O–H groups in total. The van der Waals surface area contributed by atoms with Crippen molar-refractivity contribution < 1.29 is 9.05 Å². The van der Waals surface area contributed by atoms with E-state index in [1.165, 1.54) is 0 Å². The molecule has 1 rings (SSSR count). The van der Waals surface area contributed by atoms with E-state index in [2.05, 4.69) is 0 Å². The number of nitriles is 1. The Labute approximate surface area is 92.7 Å². The first-order valence-corrected chi connectivity index (χ1v) is 7.00. The molecule has 4 nitrogen and oxygen atoms in total. The fraction of sp³-hybridized carbons (Fsp3) is 0.900. The Bertz CT molecular complexity index is 212. The molecule has 5 heteroatoms. The van der Waals surface area contributed by atoms with Gasteiger partial charge >= 0.3 is 0 Å². The molecular formula is C10H19N2O2P. The number of rotatable bonds is 5. The molecule has 0 aromatic carbocycles. The van der Waals surface area contributed by atoms with Crippen molar-refractivity contribution in [3.8, 4) is 6.07 Å². The van der Waals surface area contributed by atoms with E-state index in [0.717, 1.165) is 25.7 Å². The Morgan fingerprint density at radius 1 is 1.40 bits per heavy atom. The largest absolute Gasteiger partial charge is 0.333 e. The van der Waals surface area contributed by atoms with E-state index in [0.29, 0.717) is 25.2 Å². The van der Waals surface area contributed by atoms with Crippen LogP contribution in [-0.4, -0.2) is 25.4 Å². The Balaban J connectivity index is 2.09. The predicted molar refractivity (Wildman–Crippen MR) is 60.3 cm³/mol. The summed E-state index contributed by atoms with van der Waals surface area (Å²) in [4.78, 5) is 0. The maximum absolute atomic E-state index is 8.35. The SMILES string of the molecule is CP(OCCC#N)OC1CCC(N)CC1. The normalized spacial score (nSPS) is 28.3. The summed E-state index contributed by atoms with van der Waals surface area (Å²) in [5.74, 6) is 0. The van der Waals surface area contributed by atoms with Crippen LogP contribution in [0.5, 0.6) is 0 Å². The zero-order valence-electron chi connectivity index (χ0n) is 9.19. The molecule has 1 aliphatic rings. The Morgan fingerprint density at radius 2 is 2.07 bits per heavy atom. The van der Waals surface area contributed by atoms with Crippen molar-refractivity contribution in [1.82, 2.24) is 0 Å². The molecule has 15 heavy (non-hydrogen) atoms. The molecule has 1 saturated carbocycles. The maximum atomic E-state index is 8.35. The molecule has 0 heterocycles. The topological polar surface area (TPSA) is 68.3 Å². The van der Waals surface area contributed by atoms with Crippen LogP contribution < -0.4 is 5.73 Å². The van der Waals surface area contributed by atoms with Crippen LogP contribution in [0.15, 0.2) is 0 Å². The smallest absolute Gasteiger partial charge is 0.167 e. The third-order valence-electron chi connectivity index (χ3n) is 2.50. The molecule has 1 atom stereocenters. The molecule has 0 amide bonds. The molecular weight excluding hydrogens is 211 g/mol. The van der Waals surface area contributed by atoms with Crippen LogP contribution in [0.4, 0.5) is 0 Å². The lowest BCUT2D eigenvalue weighted by molar-refractivity contribution is 0.137. The highest BCUT2D eigenvalue weighted by molar-refractivity contribution is 7.46. The van der Waals surface area contributed by atoms with Gasteiger partial charge in [-0.2, -0.15) is 5.26 Å². The molecule has 1 fully saturated rings. The number of nitrogens with two attached hydrogens (primary N) is 1. The lowest BCUT2D eigenvalue weighted by Crippen LogP contribution is -2.29. The van der Waals surface area contributed by atoms with E-state index in [1.807, 2.05) is 12.7 Å². The molecule has 0 saturated heterocycles. The molecule has 0 spiro atoms. The zero-order valence-corrected chi connectivity index (χ0v) is 10.1. The van der Waals surface area contributed by atoms with Crippen LogP contribution >= 0.6 is 8.38 Å². The molecule has 1 aliphatic carbocycles. The van der Waals surface area contributed by atoms with Crippen LogP contribution in [0.3, 0.4) is 0 Å². The molecule has 0 aromatic heterocycles. The van der Waals surface area contributed by atoms with Crippen LogP contribution in [0, 0.1) is 11.3 Å². The van der Waals surface area contributed by atoms with Crippen molar-refractivity contribution in [1.29, 1.82) is 5.26 Å². The van der Waals surface area contributed by atoms with Gasteiger partial charge in [0.05, 0.1) is 25.2 Å². The van der Waals surface area contributed by atoms with Crippen molar-refractivity contribution in [3.05, 3.63) is 0 Å². The van der Waals surface area contributed by atoms with Gasteiger partial charge in [-0.15, -0.1) is 0 Å². The highest BCUT2D eigenvalue weighted by atomic mass is 31.2. The molecule has 1 unspecified atom stereocenters. The molecule has 0 radical (unpaired) electrons. The van der Waals surface area contributed by atoms with Crippen LogP contribution in [0.25, 0.3) is 0 Å². The quantitative estimate of drug-likeness (QED) is 0.580. The van der Waals surface area contributed by atoms with Crippen LogP contribution in [-0.2, 0) is 9.05 Å². The van der Waals surface area contributed by atoms with Crippen molar-refractivity contribution in [3.63, 3.8) is 0 Å². The van der Waals surface area contributed by atoms with Crippen molar-refractivity contribution in [2.24, 2.45) is 5.73 Å². The fourth-order valence-electron chi connectivity index (χ4n) is 1.65. The van der Waals surface area contributed by atoms with Crippen molar-refractivity contribution >= 4 is 8.38 Å². The van der Waals surface area contributed by atoms with E-state index in [-0.39, 0.29) is 0 Å². The summed E-state index contributed by atoms with van der Waals surface area (Å²) in [6.07, 6.45) is 4.91. The monoisotopic (exact) mass is 230 g/mol. The van der Waals surface area contributed by atoms with Crippen molar-refractivity contribution in [2.45, 2.75) is 44.2 Å². The minimum atomic E-state index is -0.821. The van der Waals surface area contributed by atoms with Gasteiger partial charge in [0.2, 0.25) is 0 Å². The summed E-state index contributed by atoms with van der Waals surface area (Å²) >= 11 is 0. The van der Waals surface area contributed by atoms with Gasteiger partial charge in [0.25, 0.3) is 0 Å². The van der Waals surface area contributed by atoms with Crippen molar-refractivity contribution in [2.75, 3.05) is 13.3 Å². The minimum absolute atomic E-state index is 0.308. The predicted octanol–water partition coefficient (Wildman–Crippen LogP) is 2.14. The molecule has 0 aromatic rings. The second-order valence-electron chi connectivity index (χ2n) is 3.82. The second-order valence-corrected chi connectivity index (χ2v) is 5.17. The second kappa shape index (κ2) is 7.14. The first kappa shape index (κ1) is 12.9. The number of hydrogen-bond acceptors (Lipinski definition) is 4. The third kappa shape index (κ3) is 5.44. The Kier molecular flexibility index (Phi) is 6.12. The van der Waals surface area contributed by atoms with Gasteiger partial charge < -0.3 is 14.8 Å². The van der Waals surface area contributed by atoms with Gasteiger partial charge in [0.1, 0.15) is 0 Å². The highest BCUT2D eigenvalue weighted by Gasteiger charge is 2.21. The third-order valence-corrected chi connectivity index (χ3v) is 3.64. The van der Waals surface area contributed by atoms with Gasteiger partial charge in [-0.3, -0.25) is 0 Å². The van der Waals surface area contributed by atoms with Gasteiger partial charge in [-0.05, 0) is 25.7 Å². The lowest BCUT2D eigenvalue weighted by Gasteiger charge is -2.27. The summed E-state index contributed by atoms with van der Waals surface area (Å²) in [7, 11) is -0.821. The van der Waals surface area contributed by atoms with E-state index in [9.17, 15) is 0 Å². The van der Waals surface area contributed by atoms with E-state index in [4.69, 9.17) is 20.0 Å². The summed E-state index contributed by atoms with van der Waals surface area (Å²) in [6, 6.07) is 2.40. The highest BCUT2D eigenvalue weighted by Crippen LogP contribution is 2.38. The van der Waals surface area contributed by atoms with Crippen LogP contribution in [0.2, 0.25) is 0 Å². The Morgan fingerprint density at radius 3 is 2.67 bits per heavy atom. The van der Waals surface area contributed by atoms with Gasteiger partial charge in [0, 0.05) is 12.7 Å². The van der Waals surface area contributed by atoms with Gasteiger partial charge in [-0.25, -0.2) is 0 Å². The number of hydrogen-bond donors (Lipinski definition) is 1. The van der Waals surface area contributed by atoms with Gasteiger partial charge in [-0.1, -0.05) is 0 Å². The average molecular weight is 230 g/mol. The van der Waals surface area contributed by atoms with E-state index in [1.54, 1.807) is 0 Å². The first-order valence-electron chi connectivity index (χ1n) is 5.38. The fourth-order valence-corrected chi connectivity index (χ4v) is 2.69. The van der Waals surface area contributed by atoms with E-state index < -0.39 is 8.38 Å². The van der Waals surface area contributed by atoms with Gasteiger partial charge in [0.15, 0.2) is 8.38 Å². The lowest BCUT2D eigenvalue weighted by atomic mass is 9.94. The zero-order chi connectivity index (χ0) is 11.1. The average Bonchev–Trinajstić information content (AvgIpc) is 2.22. The number of nitrogens with zero attached hydrogens (tertiary/aromatic N) is 1. The summed E-state index contributed by atoms with van der Waals surface area (Å²) < 4.78 is 11.2. The summed E-state index contributed by atoms with van der Waals surface area (Å²) in [5, 5.41) is 8.35. The maximum Gasteiger partial charge on any atom is 0.167 e. The standard InChI is InChI=1S/C10H19N2O2P/c1-15(13-8-2-7-11)14-10-5-3-9(12)4-6-10/h9-10H,2-6,8,12H2,1H3. The van der Waals surface area contributed by atoms with Crippen LogP contribution in [0.1, 0.15) is 32.1 Å². The summed E-state index contributed by atoms with van der Waals surface area (Å²) in [5.41, 5.74) is 5.81. The minimum Gasteiger partial charge on any atom is -0.333 e. The first-order chi connectivity index (χ1) is 7.22. The molecule has 86 valence electrons. The molecule has 0 bridgehead atoms. The van der Waals surface area contributed by atoms with E-state index >= 15 is 0 Å². The summed E-state index contributed by atoms with van der Waals surface area (Å²) in [6.45, 7) is 2.42.